The standard InChI is InChI=1S/C22H33N3O3/c1-16(2)25-8-9-27-15-22(14-25)7-6-19(28-22)13-23-11-17-12-24-21-5-4-18(26-3)10-20(17)21/h4-5,10,12,16,19,23-24H,6-9,11,13-15H2,1-3H3/t19-,22-/m1/s1. The molecule has 0 amide bonds. The maximum Gasteiger partial charge on any atom is 0.119 e. The monoisotopic (exact) mass is 387 g/mol. The third-order valence-corrected chi connectivity index (χ3v) is 6.11. The Morgan fingerprint density at radius 1 is 1.39 bits per heavy atom. The predicted molar refractivity (Wildman–Crippen MR) is 111 cm³/mol. The number of aromatic amines is 1. The third-order valence-electron chi connectivity index (χ3n) is 6.11. The molecule has 2 fully saturated rings. The van der Waals surface area contributed by atoms with Crippen molar-refractivity contribution in [2.75, 3.05) is 40.0 Å². The summed E-state index contributed by atoms with van der Waals surface area (Å²) in [6.45, 7) is 9.67. The first kappa shape index (κ1) is 19.7. The number of aromatic nitrogens is 1. The second kappa shape index (κ2) is 8.41. The van der Waals surface area contributed by atoms with Crippen molar-refractivity contribution in [1.29, 1.82) is 0 Å². The fraction of sp³-hybridized carbons (Fsp3) is 0.636. The highest BCUT2D eigenvalue weighted by atomic mass is 16.6. The van der Waals surface area contributed by atoms with Gasteiger partial charge < -0.3 is 24.5 Å². The number of hydrogen-bond acceptors (Lipinski definition) is 5. The van der Waals surface area contributed by atoms with Gasteiger partial charge in [0.15, 0.2) is 0 Å². The minimum atomic E-state index is -0.138. The molecule has 2 atom stereocenters. The van der Waals surface area contributed by atoms with E-state index in [-0.39, 0.29) is 11.7 Å². The van der Waals surface area contributed by atoms with E-state index in [1.807, 2.05) is 6.07 Å². The van der Waals surface area contributed by atoms with Gasteiger partial charge in [0, 0.05) is 49.3 Å². The average Bonchev–Trinajstić information content (AvgIpc) is 3.21. The van der Waals surface area contributed by atoms with Crippen LogP contribution in [0.3, 0.4) is 0 Å². The Balaban J connectivity index is 1.33. The van der Waals surface area contributed by atoms with Crippen LogP contribution in [0.5, 0.6) is 5.75 Å². The molecule has 0 unspecified atom stereocenters. The van der Waals surface area contributed by atoms with E-state index in [2.05, 4.69) is 47.4 Å². The van der Waals surface area contributed by atoms with Crippen LogP contribution < -0.4 is 10.1 Å². The van der Waals surface area contributed by atoms with Crippen molar-refractivity contribution in [2.45, 2.75) is 51.0 Å². The lowest BCUT2D eigenvalue weighted by molar-refractivity contribution is -0.0866. The van der Waals surface area contributed by atoms with E-state index in [1.54, 1.807) is 7.11 Å². The Hall–Kier alpha value is -1.60. The van der Waals surface area contributed by atoms with Crippen LogP contribution in [0.2, 0.25) is 0 Å². The Labute approximate surface area is 167 Å². The second-order valence-electron chi connectivity index (χ2n) is 8.43. The fourth-order valence-electron chi connectivity index (χ4n) is 4.44. The predicted octanol–water partition coefficient (Wildman–Crippen LogP) is 2.92. The quantitative estimate of drug-likeness (QED) is 0.798. The largest absolute Gasteiger partial charge is 0.497 e. The van der Waals surface area contributed by atoms with Gasteiger partial charge in [-0.1, -0.05) is 0 Å². The first-order valence-electron chi connectivity index (χ1n) is 10.4. The summed E-state index contributed by atoms with van der Waals surface area (Å²) >= 11 is 0. The number of rotatable bonds is 6. The van der Waals surface area contributed by atoms with Gasteiger partial charge in [0.25, 0.3) is 0 Å². The Morgan fingerprint density at radius 2 is 2.29 bits per heavy atom. The molecule has 0 bridgehead atoms. The van der Waals surface area contributed by atoms with Crippen molar-refractivity contribution in [1.82, 2.24) is 15.2 Å². The first-order chi connectivity index (χ1) is 13.6. The molecule has 4 rings (SSSR count). The molecule has 1 spiro atoms. The van der Waals surface area contributed by atoms with Crippen molar-refractivity contribution < 1.29 is 14.2 Å². The number of ether oxygens (including phenoxy) is 3. The SMILES string of the molecule is COc1ccc2[nH]cc(CNC[C@H]3CC[C@@]4(COCCN(C(C)C)C4)O3)c2c1. The van der Waals surface area contributed by atoms with Gasteiger partial charge >= 0.3 is 0 Å². The summed E-state index contributed by atoms with van der Waals surface area (Å²) < 4.78 is 17.8. The molecule has 2 aromatic rings. The van der Waals surface area contributed by atoms with Gasteiger partial charge in [0.2, 0.25) is 0 Å². The summed E-state index contributed by atoms with van der Waals surface area (Å²) in [6, 6.07) is 6.66. The zero-order valence-corrected chi connectivity index (χ0v) is 17.3. The molecule has 28 heavy (non-hydrogen) atoms. The summed E-state index contributed by atoms with van der Waals surface area (Å²) in [5, 5.41) is 4.80. The molecule has 1 aromatic heterocycles. The number of benzene rings is 1. The molecule has 0 saturated carbocycles. The molecule has 0 aliphatic carbocycles. The number of fused-ring (bicyclic) bond motifs is 1. The van der Waals surface area contributed by atoms with Crippen LogP contribution in [0.15, 0.2) is 24.4 Å². The van der Waals surface area contributed by atoms with E-state index in [9.17, 15) is 0 Å². The van der Waals surface area contributed by atoms with Crippen LogP contribution in [0.1, 0.15) is 32.3 Å². The topological polar surface area (TPSA) is 58.8 Å². The number of H-pyrrole nitrogens is 1. The maximum atomic E-state index is 6.54. The maximum absolute atomic E-state index is 6.54. The van der Waals surface area contributed by atoms with Crippen LogP contribution in [0, 0.1) is 0 Å². The summed E-state index contributed by atoms with van der Waals surface area (Å²) in [6.07, 6.45) is 4.49. The van der Waals surface area contributed by atoms with E-state index in [0.717, 1.165) is 63.5 Å². The van der Waals surface area contributed by atoms with Crippen LogP contribution in [0.25, 0.3) is 10.9 Å². The van der Waals surface area contributed by atoms with E-state index >= 15 is 0 Å². The molecule has 154 valence electrons. The van der Waals surface area contributed by atoms with Crippen molar-refractivity contribution in [2.24, 2.45) is 0 Å². The van der Waals surface area contributed by atoms with E-state index in [1.165, 1.54) is 10.9 Å². The van der Waals surface area contributed by atoms with Crippen LogP contribution >= 0.6 is 0 Å². The third kappa shape index (κ3) is 4.20. The minimum absolute atomic E-state index is 0.138. The highest BCUT2D eigenvalue weighted by molar-refractivity contribution is 5.84. The lowest BCUT2D eigenvalue weighted by Crippen LogP contribution is -2.47. The van der Waals surface area contributed by atoms with Crippen LogP contribution in [-0.2, 0) is 16.0 Å². The molecule has 6 nitrogen and oxygen atoms in total. The van der Waals surface area contributed by atoms with Gasteiger partial charge in [0.1, 0.15) is 11.4 Å². The molecule has 6 heteroatoms. The number of hydrogen-bond donors (Lipinski definition) is 2. The Morgan fingerprint density at radius 3 is 3.11 bits per heavy atom. The van der Waals surface area contributed by atoms with Gasteiger partial charge in [-0.05, 0) is 50.5 Å². The van der Waals surface area contributed by atoms with E-state index < -0.39 is 0 Å². The van der Waals surface area contributed by atoms with Gasteiger partial charge in [-0.15, -0.1) is 0 Å². The zero-order chi connectivity index (χ0) is 19.6. The van der Waals surface area contributed by atoms with Crippen molar-refractivity contribution >= 4 is 10.9 Å². The number of methoxy groups -OCH3 is 1. The van der Waals surface area contributed by atoms with Gasteiger partial charge in [0.05, 0.1) is 26.4 Å². The molecule has 2 N–H and O–H groups in total. The van der Waals surface area contributed by atoms with E-state index in [4.69, 9.17) is 14.2 Å². The summed E-state index contributed by atoms with van der Waals surface area (Å²) in [5.74, 6) is 0.887. The van der Waals surface area contributed by atoms with Crippen molar-refractivity contribution in [3.8, 4) is 5.75 Å². The fourth-order valence-corrected chi connectivity index (χ4v) is 4.44. The van der Waals surface area contributed by atoms with Gasteiger partial charge in [-0.25, -0.2) is 0 Å². The first-order valence-corrected chi connectivity index (χ1v) is 10.4. The highest BCUT2D eigenvalue weighted by Crippen LogP contribution is 2.33. The minimum Gasteiger partial charge on any atom is -0.497 e. The lowest BCUT2D eigenvalue weighted by Gasteiger charge is -2.34. The van der Waals surface area contributed by atoms with Crippen molar-refractivity contribution in [3.05, 3.63) is 30.0 Å². The molecule has 2 saturated heterocycles. The Bertz CT molecular complexity index is 790. The lowest BCUT2D eigenvalue weighted by atomic mass is 9.99. The van der Waals surface area contributed by atoms with Crippen molar-refractivity contribution in [3.63, 3.8) is 0 Å². The van der Waals surface area contributed by atoms with Crippen LogP contribution in [0.4, 0.5) is 0 Å². The molecule has 2 aliphatic heterocycles. The summed E-state index contributed by atoms with van der Waals surface area (Å²) in [4.78, 5) is 5.83. The normalized spacial score (nSPS) is 26.4. The van der Waals surface area contributed by atoms with Crippen LogP contribution in [-0.4, -0.2) is 67.6 Å². The van der Waals surface area contributed by atoms with Gasteiger partial charge in [-0.3, -0.25) is 4.90 Å². The summed E-state index contributed by atoms with van der Waals surface area (Å²) in [7, 11) is 1.71. The molecule has 1 aromatic carbocycles. The smallest absolute Gasteiger partial charge is 0.119 e. The molecular weight excluding hydrogens is 354 g/mol. The number of nitrogens with one attached hydrogen (secondary N) is 2. The van der Waals surface area contributed by atoms with Gasteiger partial charge in [-0.2, -0.15) is 0 Å². The molecule has 3 heterocycles. The summed E-state index contributed by atoms with van der Waals surface area (Å²) in [5.41, 5.74) is 2.25. The van der Waals surface area contributed by atoms with E-state index in [0.29, 0.717) is 6.04 Å². The highest BCUT2D eigenvalue weighted by Gasteiger charge is 2.43. The molecular formula is C22H33N3O3. The average molecular weight is 388 g/mol. The number of nitrogens with zero attached hydrogens (tertiary/aromatic N) is 1. The molecule has 0 radical (unpaired) electrons. The second-order valence-corrected chi connectivity index (χ2v) is 8.43. The molecule has 2 aliphatic rings. The Kier molecular flexibility index (Phi) is 5.92. The zero-order valence-electron chi connectivity index (χ0n) is 17.3.